The molecule has 0 unspecified atom stereocenters. The van der Waals surface area contributed by atoms with E-state index in [1.807, 2.05) is 6.07 Å². The van der Waals surface area contributed by atoms with Crippen molar-refractivity contribution < 1.29 is 0 Å². The summed E-state index contributed by atoms with van der Waals surface area (Å²) in [4.78, 5) is 30.0. The van der Waals surface area contributed by atoms with Crippen molar-refractivity contribution in [2.75, 3.05) is 5.73 Å². The average molecular weight is 265 g/mol. The minimum absolute atomic E-state index is 0.420. The number of H-pyrrole nitrogens is 1. The Kier molecular flexibility index (Phi) is 3.47. The van der Waals surface area contributed by atoms with E-state index >= 15 is 0 Å². The van der Waals surface area contributed by atoms with Crippen LogP contribution in [0.4, 0.5) is 5.82 Å². The fourth-order valence-corrected chi connectivity index (χ4v) is 2.13. The Morgan fingerprint density at radius 3 is 2.89 bits per heavy atom. The van der Waals surface area contributed by atoms with Crippen LogP contribution in [-0.4, -0.2) is 19.7 Å². The molecule has 0 atom stereocenters. The van der Waals surface area contributed by atoms with Crippen molar-refractivity contribution >= 4 is 17.6 Å². The number of aromatic nitrogens is 4. The molecule has 18 heavy (non-hydrogen) atoms. The van der Waals surface area contributed by atoms with Crippen LogP contribution in [0.5, 0.6) is 0 Å². The lowest BCUT2D eigenvalue weighted by atomic mass is 10.4. The number of hydrogen-bond donors (Lipinski definition) is 2. The molecule has 3 N–H and O–H groups in total. The zero-order valence-corrected chi connectivity index (χ0v) is 10.4. The quantitative estimate of drug-likeness (QED) is 0.585. The van der Waals surface area contributed by atoms with E-state index < -0.39 is 11.1 Å². The number of anilines is 1. The number of aromatic amines is 1. The number of thioether (sulfide) groups is 1. The highest BCUT2D eigenvalue weighted by Gasteiger charge is 2.05. The van der Waals surface area contributed by atoms with Gasteiger partial charge in [0.05, 0.1) is 5.69 Å². The highest BCUT2D eigenvalue weighted by Crippen LogP contribution is 2.17. The maximum absolute atomic E-state index is 11.1. The molecule has 0 aliphatic heterocycles. The van der Waals surface area contributed by atoms with Crippen LogP contribution in [0.1, 0.15) is 5.69 Å². The Morgan fingerprint density at radius 2 is 2.17 bits per heavy atom. The number of rotatable bonds is 3. The van der Waals surface area contributed by atoms with Crippen LogP contribution >= 0.6 is 11.8 Å². The predicted octanol–water partition coefficient (Wildman–Crippen LogP) is -0.262. The number of nitrogen functional groups attached to an aromatic ring is 1. The van der Waals surface area contributed by atoms with Crippen LogP contribution in [-0.2, 0) is 12.8 Å². The van der Waals surface area contributed by atoms with Gasteiger partial charge in [0, 0.05) is 12.8 Å². The van der Waals surface area contributed by atoms with Crippen LogP contribution in [0.3, 0.4) is 0 Å². The summed E-state index contributed by atoms with van der Waals surface area (Å²) in [5.41, 5.74) is 4.81. The second-order valence-corrected chi connectivity index (χ2v) is 4.48. The molecule has 0 aliphatic rings. The van der Waals surface area contributed by atoms with Gasteiger partial charge in [-0.05, 0) is 12.1 Å². The summed E-state index contributed by atoms with van der Waals surface area (Å²) in [5.74, 6) is 0.952. The summed E-state index contributed by atoms with van der Waals surface area (Å²) in [6, 6.07) is 5.33. The first kappa shape index (κ1) is 12.4. The van der Waals surface area contributed by atoms with Gasteiger partial charge in [-0.15, -0.1) is 0 Å². The van der Waals surface area contributed by atoms with Gasteiger partial charge in [0.2, 0.25) is 0 Å². The molecule has 0 spiro atoms. The number of nitrogens with zero attached hydrogens (tertiary/aromatic N) is 3. The molecule has 0 radical (unpaired) electrons. The Morgan fingerprint density at radius 1 is 1.39 bits per heavy atom. The Balaban J connectivity index is 2.18. The summed E-state index contributed by atoms with van der Waals surface area (Å²) in [6.07, 6.45) is 0. The first-order valence-corrected chi connectivity index (χ1v) is 6.06. The molecule has 94 valence electrons. The van der Waals surface area contributed by atoms with Crippen molar-refractivity contribution in [3.05, 3.63) is 44.6 Å². The number of hydrogen-bond acceptors (Lipinski definition) is 6. The second kappa shape index (κ2) is 5.05. The molecule has 0 fully saturated rings. The minimum Gasteiger partial charge on any atom is -0.384 e. The Labute approximate surface area is 106 Å². The summed E-state index contributed by atoms with van der Waals surface area (Å²) in [5, 5.41) is 2.80. The lowest BCUT2D eigenvalue weighted by molar-refractivity contribution is 0.596. The molecule has 0 saturated carbocycles. The summed E-state index contributed by atoms with van der Waals surface area (Å²) in [7, 11) is 1.61. The average Bonchev–Trinajstić information content (AvgIpc) is 2.32. The third-order valence-corrected chi connectivity index (χ3v) is 3.19. The van der Waals surface area contributed by atoms with E-state index in [-0.39, 0.29) is 0 Å². The molecule has 0 bridgehead atoms. The molecular weight excluding hydrogens is 254 g/mol. The normalized spacial score (nSPS) is 10.5. The van der Waals surface area contributed by atoms with Crippen molar-refractivity contribution in [2.24, 2.45) is 7.05 Å². The van der Waals surface area contributed by atoms with E-state index in [1.54, 1.807) is 19.2 Å². The van der Waals surface area contributed by atoms with Gasteiger partial charge in [-0.25, -0.2) is 4.98 Å². The van der Waals surface area contributed by atoms with Gasteiger partial charge >= 0.3 is 11.1 Å². The number of nitrogens with two attached hydrogens (primary N) is 1. The van der Waals surface area contributed by atoms with Crippen LogP contribution in [0, 0.1) is 0 Å². The van der Waals surface area contributed by atoms with Gasteiger partial charge in [-0.3, -0.25) is 19.4 Å². The second-order valence-electron chi connectivity index (χ2n) is 3.54. The highest BCUT2D eigenvalue weighted by molar-refractivity contribution is 7.98. The molecule has 8 heteroatoms. The number of pyridine rings is 1. The van der Waals surface area contributed by atoms with Gasteiger partial charge < -0.3 is 5.73 Å². The topological polar surface area (TPSA) is 107 Å². The predicted molar refractivity (Wildman–Crippen MR) is 68.3 cm³/mol. The van der Waals surface area contributed by atoms with Crippen LogP contribution in [0.15, 0.2) is 32.9 Å². The third kappa shape index (κ3) is 2.77. The first-order chi connectivity index (χ1) is 8.56. The summed E-state index contributed by atoms with van der Waals surface area (Å²) in [6.45, 7) is 0. The molecule has 2 aromatic rings. The maximum atomic E-state index is 11.1. The SMILES string of the molecule is Cn1[nH]c(=O)c(=O)nc1SCc1cccc(N)n1. The number of aryl methyl sites for hydroxylation is 1. The lowest BCUT2D eigenvalue weighted by Gasteiger charge is -2.05. The van der Waals surface area contributed by atoms with E-state index in [4.69, 9.17) is 5.73 Å². The van der Waals surface area contributed by atoms with Gasteiger partial charge in [0.15, 0.2) is 5.16 Å². The fourth-order valence-electron chi connectivity index (χ4n) is 1.31. The third-order valence-electron chi connectivity index (χ3n) is 2.13. The monoisotopic (exact) mass is 265 g/mol. The van der Waals surface area contributed by atoms with Crippen molar-refractivity contribution in [3.8, 4) is 0 Å². The Hall–Kier alpha value is -2.09. The van der Waals surface area contributed by atoms with Crippen LogP contribution in [0.25, 0.3) is 0 Å². The van der Waals surface area contributed by atoms with Gasteiger partial charge in [-0.1, -0.05) is 17.8 Å². The molecule has 0 aliphatic carbocycles. The summed E-state index contributed by atoms with van der Waals surface area (Å²) < 4.78 is 1.40. The smallest absolute Gasteiger partial charge is 0.339 e. The zero-order valence-electron chi connectivity index (χ0n) is 9.58. The van der Waals surface area contributed by atoms with Crippen molar-refractivity contribution in [2.45, 2.75) is 10.9 Å². The molecule has 2 aromatic heterocycles. The van der Waals surface area contributed by atoms with E-state index in [2.05, 4.69) is 15.1 Å². The largest absolute Gasteiger partial charge is 0.384 e. The van der Waals surface area contributed by atoms with Crippen LogP contribution in [0.2, 0.25) is 0 Å². The Bertz CT molecular complexity index is 678. The minimum atomic E-state index is -0.795. The number of nitrogens with one attached hydrogen (secondary N) is 1. The standard InChI is InChI=1S/C10H11N5O2S/c1-15-10(13-8(16)9(17)14-15)18-5-6-3-2-4-7(11)12-6/h2-4H,5H2,1H3,(H2,11,12)(H,14,17). The van der Waals surface area contributed by atoms with E-state index in [0.717, 1.165) is 5.69 Å². The van der Waals surface area contributed by atoms with Crippen molar-refractivity contribution in [1.29, 1.82) is 0 Å². The zero-order chi connectivity index (χ0) is 13.1. The molecule has 0 amide bonds. The van der Waals surface area contributed by atoms with Crippen LogP contribution < -0.4 is 16.9 Å². The first-order valence-electron chi connectivity index (χ1n) is 5.08. The van der Waals surface area contributed by atoms with Crippen molar-refractivity contribution in [1.82, 2.24) is 19.7 Å². The maximum Gasteiger partial charge on any atom is 0.339 e. The van der Waals surface area contributed by atoms with E-state index in [0.29, 0.717) is 16.7 Å². The van der Waals surface area contributed by atoms with Crippen molar-refractivity contribution in [3.63, 3.8) is 0 Å². The molecule has 0 aromatic carbocycles. The molecule has 2 rings (SSSR count). The lowest BCUT2D eigenvalue weighted by Crippen LogP contribution is -2.33. The fraction of sp³-hybridized carbons (Fsp3) is 0.200. The van der Waals surface area contributed by atoms with E-state index in [9.17, 15) is 9.59 Å². The summed E-state index contributed by atoms with van der Waals surface area (Å²) >= 11 is 1.30. The van der Waals surface area contributed by atoms with Gasteiger partial charge in [-0.2, -0.15) is 4.98 Å². The molecule has 7 nitrogen and oxygen atoms in total. The molecule has 0 saturated heterocycles. The van der Waals surface area contributed by atoms with Gasteiger partial charge in [0.1, 0.15) is 5.82 Å². The highest BCUT2D eigenvalue weighted by atomic mass is 32.2. The van der Waals surface area contributed by atoms with E-state index in [1.165, 1.54) is 16.4 Å². The van der Waals surface area contributed by atoms with Gasteiger partial charge in [0.25, 0.3) is 0 Å². The molecular formula is C10H11N5O2S. The molecule has 2 heterocycles.